The number of nitrogens with one attached hydrogen (secondary N) is 1. The van der Waals surface area contributed by atoms with E-state index in [4.69, 9.17) is 5.73 Å². The summed E-state index contributed by atoms with van der Waals surface area (Å²) >= 11 is 0. The molecule has 3 N–H and O–H groups in total. The van der Waals surface area contributed by atoms with Gasteiger partial charge in [-0.05, 0) is 6.72 Å². The zero-order chi connectivity index (χ0) is 9.14. The van der Waals surface area contributed by atoms with E-state index in [1.807, 2.05) is 0 Å². The predicted molar refractivity (Wildman–Crippen MR) is 45.2 cm³/mol. The summed E-state index contributed by atoms with van der Waals surface area (Å²) in [6.45, 7) is 3.26. The van der Waals surface area contributed by atoms with Crippen molar-refractivity contribution in [2.75, 3.05) is 18.1 Å². The summed E-state index contributed by atoms with van der Waals surface area (Å²) in [5.74, 6) is 0.205. The van der Waals surface area contributed by atoms with Crippen LogP contribution in [0.3, 0.4) is 0 Å². The summed E-state index contributed by atoms with van der Waals surface area (Å²) in [6, 6.07) is 0. The lowest BCUT2D eigenvalue weighted by atomic mass is 10.4. The minimum absolute atomic E-state index is 0.0261. The van der Waals surface area contributed by atoms with E-state index in [1.54, 1.807) is 7.05 Å². The summed E-state index contributed by atoms with van der Waals surface area (Å²) in [7, 11) is 1.58. The quantitative estimate of drug-likeness (QED) is 0.501. The lowest BCUT2D eigenvalue weighted by molar-refractivity contribution is 0.543. The first kappa shape index (κ1) is 8.38. The van der Waals surface area contributed by atoms with Crippen LogP contribution in [-0.2, 0) is 0 Å². The molecule has 0 atom stereocenters. The number of hydrogen-bond donors (Lipinski definition) is 2. The summed E-state index contributed by atoms with van der Waals surface area (Å²) in [5, 5.41) is 2.62. The van der Waals surface area contributed by atoms with E-state index in [9.17, 15) is 4.39 Å². The Morgan fingerprint density at radius 2 is 2.25 bits per heavy atom. The third-order valence-corrected chi connectivity index (χ3v) is 1.28. The Bertz CT molecular complexity index is 311. The normalized spacial score (nSPS) is 9.50. The molecule has 0 aliphatic rings. The zero-order valence-corrected chi connectivity index (χ0v) is 6.50. The van der Waals surface area contributed by atoms with Gasteiger partial charge < -0.3 is 11.1 Å². The third kappa shape index (κ3) is 1.31. The van der Waals surface area contributed by atoms with Crippen molar-refractivity contribution in [3.05, 3.63) is 6.08 Å². The molecule has 0 aromatic carbocycles. The minimum atomic E-state index is -0.885. The van der Waals surface area contributed by atoms with E-state index in [0.29, 0.717) is 0 Å². The number of nitrogen functional groups attached to an aromatic ring is 1. The SMILES string of the molecule is C=Nc1c(N)nc(F)nc1NC. The van der Waals surface area contributed by atoms with Crippen molar-refractivity contribution in [3.8, 4) is 0 Å². The van der Waals surface area contributed by atoms with Gasteiger partial charge in [0.05, 0.1) is 0 Å². The van der Waals surface area contributed by atoms with Crippen LogP contribution in [-0.4, -0.2) is 23.7 Å². The molecule has 1 heterocycles. The monoisotopic (exact) mass is 169 g/mol. The van der Waals surface area contributed by atoms with E-state index < -0.39 is 6.08 Å². The van der Waals surface area contributed by atoms with Gasteiger partial charge in [0, 0.05) is 7.05 Å². The molecule has 64 valence electrons. The minimum Gasteiger partial charge on any atom is -0.382 e. The van der Waals surface area contributed by atoms with E-state index in [2.05, 4.69) is 27.0 Å². The van der Waals surface area contributed by atoms with Gasteiger partial charge >= 0.3 is 6.08 Å². The zero-order valence-electron chi connectivity index (χ0n) is 6.50. The Morgan fingerprint density at radius 1 is 1.58 bits per heavy atom. The number of anilines is 2. The fraction of sp³-hybridized carbons (Fsp3) is 0.167. The van der Waals surface area contributed by atoms with Gasteiger partial charge in [-0.2, -0.15) is 14.4 Å². The topological polar surface area (TPSA) is 76.2 Å². The van der Waals surface area contributed by atoms with Crippen LogP contribution in [0.15, 0.2) is 4.99 Å². The molecule has 0 saturated heterocycles. The molecule has 5 nitrogen and oxygen atoms in total. The summed E-state index contributed by atoms with van der Waals surface area (Å²) in [4.78, 5) is 10.3. The van der Waals surface area contributed by atoms with Crippen LogP contribution >= 0.6 is 0 Å². The Balaban J connectivity index is 3.33. The second-order valence-electron chi connectivity index (χ2n) is 1.98. The van der Waals surface area contributed by atoms with Gasteiger partial charge in [0.25, 0.3) is 0 Å². The highest BCUT2D eigenvalue weighted by Crippen LogP contribution is 2.26. The lowest BCUT2D eigenvalue weighted by Crippen LogP contribution is -2.02. The predicted octanol–water partition coefficient (Wildman–Crippen LogP) is 0.572. The maximum absolute atomic E-state index is 12.5. The second-order valence-corrected chi connectivity index (χ2v) is 1.98. The average molecular weight is 169 g/mol. The van der Waals surface area contributed by atoms with Crippen LogP contribution in [0.2, 0.25) is 0 Å². The Kier molecular flexibility index (Phi) is 2.18. The van der Waals surface area contributed by atoms with Gasteiger partial charge in [0.15, 0.2) is 11.6 Å². The molecule has 1 rings (SSSR count). The summed E-state index contributed by atoms with van der Waals surface area (Å²) in [5.41, 5.74) is 5.61. The molecule has 1 aromatic heterocycles. The fourth-order valence-electron chi connectivity index (χ4n) is 0.774. The number of aromatic nitrogens is 2. The van der Waals surface area contributed by atoms with Crippen LogP contribution in [0, 0.1) is 6.08 Å². The Morgan fingerprint density at radius 3 is 2.75 bits per heavy atom. The van der Waals surface area contributed by atoms with Gasteiger partial charge in [-0.1, -0.05) is 0 Å². The molecular formula is C6H8FN5. The number of nitrogens with two attached hydrogens (primary N) is 1. The lowest BCUT2D eigenvalue weighted by Gasteiger charge is -2.04. The Labute approximate surface area is 68.6 Å². The summed E-state index contributed by atoms with van der Waals surface area (Å²) in [6.07, 6.45) is -0.885. The second kappa shape index (κ2) is 3.12. The van der Waals surface area contributed by atoms with Gasteiger partial charge in [-0.25, -0.2) is 0 Å². The van der Waals surface area contributed by atoms with Gasteiger partial charge in [-0.3, -0.25) is 4.99 Å². The van der Waals surface area contributed by atoms with Crippen molar-refractivity contribution < 1.29 is 4.39 Å². The molecular weight excluding hydrogens is 161 g/mol. The van der Waals surface area contributed by atoms with Crippen molar-refractivity contribution in [2.45, 2.75) is 0 Å². The highest BCUT2D eigenvalue weighted by atomic mass is 19.1. The maximum Gasteiger partial charge on any atom is 0.312 e. The van der Waals surface area contributed by atoms with Crippen molar-refractivity contribution in [1.29, 1.82) is 0 Å². The fourth-order valence-corrected chi connectivity index (χ4v) is 0.774. The van der Waals surface area contributed by atoms with E-state index in [0.717, 1.165) is 0 Å². The molecule has 12 heavy (non-hydrogen) atoms. The van der Waals surface area contributed by atoms with Crippen molar-refractivity contribution in [3.63, 3.8) is 0 Å². The third-order valence-electron chi connectivity index (χ3n) is 1.28. The number of aliphatic imine (C=N–C) groups is 1. The molecule has 1 aromatic rings. The van der Waals surface area contributed by atoms with Crippen molar-refractivity contribution in [2.24, 2.45) is 4.99 Å². The molecule has 0 unspecified atom stereocenters. The highest BCUT2D eigenvalue weighted by molar-refractivity contribution is 5.73. The van der Waals surface area contributed by atoms with Crippen molar-refractivity contribution >= 4 is 24.0 Å². The smallest absolute Gasteiger partial charge is 0.312 e. The molecule has 0 saturated carbocycles. The first-order valence-electron chi connectivity index (χ1n) is 3.16. The number of nitrogens with zero attached hydrogens (tertiary/aromatic N) is 3. The van der Waals surface area contributed by atoms with Crippen LogP contribution in [0.1, 0.15) is 0 Å². The van der Waals surface area contributed by atoms with Crippen LogP contribution in [0.5, 0.6) is 0 Å². The standard InChI is InChI=1S/C6H8FN5/c1-9-3-4(8)11-6(7)12-5(3)10-2/h1H2,2H3,(H3,8,10,11,12). The molecule has 0 radical (unpaired) electrons. The number of hydrogen-bond acceptors (Lipinski definition) is 5. The van der Waals surface area contributed by atoms with E-state index >= 15 is 0 Å². The summed E-state index contributed by atoms with van der Waals surface area (Å²) < 4.78 is 12.5. The van der Waals surface area contributed by atoms with Crippen molar-refractivity contribution in [1.82, 2.24) is 9.97 Å². The largest absolute Gasteiger partial charge is 0.382 e. The van der Waals surface area contributed by atoms with Crippen LogP contribution in [0.4, 0.5) is 21.7 Å². The van der Waals surface area contributed by atoms with Gasteiger partial charge in [0.2, 0.25) is 0 Å². The maximum atomic E-state index is 12.5. The molecule has 0 aliphatic heterocycles. The molecule has 0 fully saturated rings. The number of halogens is 1. The molecule has 0 spiro atoms. The highest BCUT2D eigenvalue weighted by Gasteiger charge is 2.08. The van der Waals surface area contributed by atoms with Gasteiger partial charge in [-0.15, -0.1) is 0 Å². The number of rotatable bonds is 2. The molecule has 0 amide bonds. The van der Waals surface area contributed by atoms with E-state index in [-0.39, 0.29) is 17.3 Å². The Hall–Kier alpha value is -1.72. The van der Waals surface area contributed by atoms with Crippen LogP contribution in [0.25, 0.3) is 0 Å². The van der Waals surface area contributed by atoms with E-state index in [1.165, 1.54) is 0 Å². The molecule has 0 bridgehead atoms. The average Bonchev–Trinajstić information content (AvgIpc) is 2.03. The first-order valence-corrected chi connectivity index (χ1v) is 3.16. The van der Waals surface area contributed by atoms with Crippen LogP contribution < -0.4 is 11.1 Å². The molecule has 0 aliphatic carbocycles. The molecule has 6 heteroatoms. The van der Waals surface area contributed by atoms with Gasteiger partial charge in [0.1, 0.15) is 5.69 Å². The first-order chi connectivity index (χ1) is 5.69.